The molecule has 0 bridgehead atoms. The number of hydrogen-bond donors (Lipinski definition) is 2. The number of aliphatic hydroxyl groups is 1. The Labute approximate surface area is 99.4 Å². The van der Waals surface area contributed by atoms with E-state index in [1.165, 1.54) is 7.11 Å². The van der Waals surface area contributed by atoms with Crippen LogP contribution in [0.3, 0.4) is 0 Å². The molecule has 1 aromatic carbocycles. The lowest BCUT2D eigenvalue weighted by Crippen LogP contribution is -2.39. The number of rotatable bonds is 7. The zero-order valence-electron chi connectivity index (χ0n) is 9.70. The van der Waals surface area contributed by atoms with Crippen molar-refractivity contribution in [1.29, 1.82) is 0 Å². The van der Waals surface area contributed by atoms with Crippen molar-refractivity contribution in [2.45, 2.75) is 12.0 Å². The third-order valence-electron chi connectivity index (χ3n) is 2.37. The van der Waals surface area contributed by atoms with E-state index in [2.05, 4.69) is 5.32 Å². The summed E-state index contributed by atoms with van der Waals surface area (Å²) in [5.74, 6) is -3.11. The van der Waals surface area contributed by atoms with Gasteiger partial charge in [-0.1, -0.05) is 30.3 Å². The van der Waals surface area contributed by atoms with Crippen molar-refractivity contribution in [2.75, 3.05) is 26.9 Å². The summed E-state index contributed by atoms with van der Waals surface area (Å²) in [4.78, 5) is 0. The second-order valence-electron chi connectivity index (χ2n) is 3.81. The minimum atomic E-state index is -3.11. The Balaban J connectivity index is 2.61. The van der Waals surface area contributed by atoms with E-state index in [-0.39, 0.29) is 6.04 Å². The third-order valence-corrected chi connectivity index (χ3v) is 2.37. The summed E-state index contributed by atoms with van der Waals surface area (Å²) in [5.41, 5.74) is 0.878. The Morgan fingerprint density at radius 2 is 2.00 bits per heavy atom. The van der Waals surface area contributed by atoms with E-state index in [1.54, 1.807) is 0 Å². The van der Waals surface area contributed by atoms with Crippen molar-refractivity contribution in [3.05, 3.63) is 35.9 Å². The van der Waals surface area contributed by atoms with E-state index in [4.69, 9.17) is 9.84 Å². The summed E-state index contributed by atoms with van der Waals surface area (Å²) in [5, 5.41) is 11.2. The van der Waals surface area contributed by atoms with Gasteiger partial charge >= 0.3 is 0 Å². The van der Waals surface area contributed by atoms with Gasteiger partial charge in [0.15, 0.2) is 0 Å². The maximum Gasteiger partial charge on any atom is 0.282 e. The van der Waals surface area contributed by atoms with Crippen molar-refractivity contribution in [2.24, 2.45) is 0 Å². The molecule has 1 atom stereocenters. The number of hydrogen-bond acceptors (Lipinski definition) is 3. The molecule has 1 aromatic rings. The molecular weight excluding hydrogens is 228 g/mol. The minimum Gasteiger partial charge on any atom is -0.390 e. The number of nitrogens with one attached hydrogen (secondary N) is 1. The molecule has 1 unspecified atom stereocenters. The maximum atomic E-state index is 12.9. The molecule has 0 spiro atoms. The summed E-state index contributed by atoms with van der Waals surface area (Å²) in [6, 6.07) is 8.91. The molecule has 1 rings (SSSR count). The van der Waals surface area contributed by atoms with Crippen molar-refractivity contribution < 1.29 is 18.6 Å². The van der Waals surface area contributed by atoms with Gasteiger partial charge in [0.1, 0.15) is 6.61 Å². The molecule has 0 aliphatic heterocycles. The van der Waals surface area contributed by atoms with Crippen LogP contribution in [0.1, 0.15) is 11.6 Å². The third kappa shape index (κ3) is 4.77. The Bertz CT molecular complexity index is 320. The van der Waals surface area contributed by atoms with Gasteiger partial charge in [0.05, 0.1) is 19.2 Å². The molecule has 0 saturated carbocycles. The number of aliphatic hydroxyl groups excluding tert-OH is 1. The Hall–Kier alpha value is -1.04. The van der Waals surface area contributed by atoms with E-state index in [0.717, 1.165) is 5.56 Å². The molecule has 0 saturated heterocycles. The van der Waals surface area contributed by atoms with E-state index in [9.17, 15) is 8.78 Å². The van der Waals surface area contributed by atoms with E-state index >= 15 is 0 Å². The molecule has 3 nitrogen and oxygen atoms in total. The quantitative estimate of drug-likeness (QED) is 0.766. The van der Waals surface area contributed by atoms with E-state index in [1.807, 2.05) is 30.3 Å². The van der Waals surface area contributed by atoms with Crippen LogP contribution in [0.4, 0.5) is 8.78 Å². The first-order valence-corrected chi connectivity index (χ1v) is 5.35. The molecule has 0 fully saturated rings. The number of benzene rings is 1. The van der Waals surface area contributed by atoms with Crippen LogP contribution in [0.5, 0.6) is 0 Å². The fourth-order valence-corrected chi connectivity index (χ4v) is 1.45. The molecule has 2 N–H and O–H groups in total. The van der Waals surface area contributed by atoms with Gasteiger partial charge in [-0.15, -0.1) is 0 Å². The summed E-state index contributed by atoms with van der Waals surface area (Å²) >= 11 is 0. The minimum absolute atomic E-state index is 0.297. The average Bonchev–Trinajstić information content (AvgIpc) is 2.35. The molecule has 0 aliphatic carbocycles. The summed E-state index contributed by atoms with van der Waals surface area (Å²) in [6.45, 7) is -1.44. The number of halogens is 2. The van der Waals surface area contributed by atoms with Crippen LogP contribution in [0.15, 0.2) is 30.3 Å². The fraction of sp³-hybridized carbons (Fsp3) is 0.500. The van der Waals surface area contributed by atoms with Crippen LogP contribution < -0.4 is 5.32 Å². The molecule has 0 amide bonds. The lowest BCUT2D eigenvalue weighted by atomic mass is 10.1. The lowest BCUT2D eigenvalue weighted by molar-refractivity contribution is -0.0507. The monoisotopic (exact) mass is 245 g/mol. The van der Waals surface area contributed by atoms with Crippen LogP contribution in [0.2, 0.25) is 0 Å². The smallest absolute Gasteiger partial charge is 0.282 e. The van der Waals surface area contributed by atoms with Gasteiger partial charge < -0.3 is 15.2 Å². The zero-order valence-corrected chi connectivity index (χ0v) is 9.70. The fourth-order valence-electron chi connectivity index (χ4n) is 1.45. The van der Waals surface area contributed by atoms with Gasteiger partial charge in [0, 0.05) is 7.11 Å². The Kier molecular flexibility index (Phi) is 5.47. The highest BCUT2D eigenvalue weighted by Gasteiger charge is 2.28. The molecule has 0 radical (unpaired) electrons. The van der Waals surface area contributed by atoms with Crippen LogP contribution in [-0.4, -0.2) is 37.9 Å². The highest BCUT2D eigenvalue weighted by Crippen LogP contribution is 2.16. The molecule has 5 heteroatoms. The van der Waals surface area contributed by atoms with Crippen LogP contribution in [0.25, 0.3) is 0 Å². The maximum absolute atomic E-state index is 12.9. The van der Waals surface area contributed by atoms with Crippen molar-refractivity contribution in [1.82, 2.24) is 5.32 Å². The van der Waals surface area contributed by atoms with Crippen molar-refractivity contribution in [3.63, 3.8) is 0 Å². The molecule has 0 aliphatic rings. The number of alkyl halides is 2. The van der Waals surface area contributed by atoms with E-state index < -0.39 is 19.1 Å². The number of ether oxygens (including phenoxy) is 1. The van der Waals surface area contributed by atoms with Crippen LogP contribution >= 0.6 is 0 Å². The normalized spacial score (nSPS) is 13.6. The largest absolute Gasteiger partial charge is 0.390 e. The second kappa shape index (κ2) is 6.64. The number of methoxy groups -OCH3 is 1. The van der Waals surface area contributed by atoms with E-state index in [0.29, 0.717) is 6.61 Å². The van der Waals surface area contributed by atoms with Gasteiger partial charge in [0.2, 0.25) is 0 Å². The lowest BCUT2D eigenvalue weighted by Gasteiger charge is -2.21. The summed E-state index contributed by atoms with van der Waals surface area (Å²) in [6.07, 6.45) is 0. The molecule has 0 heterocycles. The van der Waals surface area contributed by atoms with Gasteiger partial charge in [-0.2, -0.15) is 0 Å². The van der Waals surface area contributed by atoms with Crippen molar-refractivity contribution in [3.8, 4) is 0 Å². The first-order valence-electron chi connectivity index (χ1n) is 5.35. The molecule has 0 aromatic heterocycles. The second-order valence-corrected chi connectivity index (χ2v) is 3.81. The summed E-state index contributed by atoms with van der Waals surface area (Å²) in [7, 11) is 1.52. The van der Waals surface area contributed by atoms with Crippen LogP contribution in [-0.2, 0) is 4.74 Å². The SMILES string of the molecule is COCC(NCC(F)(F)CO)c1ccccc1. The first-order chi connectivity index (χ1) is 8.09. The van der Waals surface area contributed by atoms with Crippen LogP contribution in [0, 0.1) is 0 Å². The predicted octanol–water partition coefficient (Wildman–Crippen LogP) is 1.59. The first kappa shape index (κ1) is 14.0. The highest BCUT2D eigenvalue weighted by atomic mass is 19.3. The standard InChI is InChI=1S/C12H17F2NO2/c1-17-7-11(10-5-3-2-4-6-10)15-8-12(13,14)9-16/h2-6,11,15-16H,7-9H2,1H3. The highest BCUT2D eigenvalue weighted by molar-refractivity contribution is 5.19. The Morgan fingerprint density at radius 1 is 1.35 bits per heavy atom. The topological polar surface area (TPSA) is 41.5 Å². The predicted molar refractivity (Wildman–Crippen MR) is 61.1 cm³/mol. The zero-order chi connectivity index (χ0) is 12.7. The summed E-state index contributed by atoms with van der Waals surface area (Å²) < 4.78 is 30.8. The van der Waals surface area contributed by atoms with Gasteiger partial charge in [-0.3, -0.25) is 0 Å². The molecule has 96 valence electrons. The van der Waals surface area contributed by atoms with Gasteiger partial charge in [-0.25, -0.2) is 8.78 Å². The van der Waals surface area contributed by atoms with Crippen molar-refractivity contribution >= 4 is 0 Å². The molecule has 17 heavy (non-hydrogen) atoms. The molecular formula is C12H17F2NO2. The van der Waals surface area contributed by atoms with Gasteiger partial charge in [0.25, 0.3) is 5.92 Å². The van der Waals surface area contributed by atoms with Gasteiger partial charge in [-0.05, 0) is 5.56 Å². The Morgan fingerprint density at radius 3 is 2.53 bits per heavy atom. The average molecular weight is 245 g/mol.